The molecule has 0 amide bonds. The third-order valence-corrected chi connectivity index (χ3v) is 4.45. The normalized spacial score (nSPS) is 23.1. The molecule has 96 valence electrons. The molecule has 2 rings (SSSR count). The van der Waals surface area contributed by atoms with E-state index in [1.165, 1.54) is 11.3 Å². The minimum Gasteiger partial charge on any atom is -0.351 e. The van der Waals surface area contributed by atoms with Gasteiger partial charge in [0.05, 0.1) is 0 Å². The van der Waals surface area contributed by atoms with Crippen LogP contribution in [0.1, 0.15) is 32.1 Å². The van der Waals surface area contributed by atoms with Crippen molar-refractivity contribution in [1.29, 1.82) is 0 Å². The molecule has 3 nitrogen and oxygen atoms in total. The van der Waals surface area contributed by atoms with Gasteiger partial charge in [0.25, 0.3) is 0 Å². The highest BCUT2D eigenvalue weighted by molar-refractivity contribution is 7.15. The van der Waals surface area contributed by atoms with Crippen molar-refractivity contribution in [2.24, 2.45) is 11.8 Å². The SMILES string of the molecule is CC(C)NCc1cnc(N(C)CC2CC2C)s1. The van der Waals surface area contributed by atoms with Gasteiger partial charge in [0, 0.05) is 37.3 Å². The predicted octanol–water partition coefficient (Wildman–Crippen LogP) is 2.73. The zero-order valence-corrected chi connectivity index (χ0v) is 12.0. The largest absolute Gasteiger partial charge is 0.351 e. The monoisotopic (exact) mass is 253 g/mol. The Balaban J connectivity index is 1.84. The van der Waals surface area contributed by atoms with Crippen molar-refractivity contribution in [2.45, 2.75) is 39.8 Å². The highest BCUT2D eigenvalue weighted by atomic mass is 32.1. The van der Waals surface area contributed by atoms with E-state index in [2.05, 4.69) is 43.0 Å². The van der Waals surface area contributed by atoms with Gasteiger partial charge in [-0.05, 0) is 18.3 Å². The molecule has 0 saturated heterocycles. The maximum atomic E-state index is 4.50. The van der Waals surface area contributed by atoms with E-state index in [0.717, 1.165) is 30.1 Å². The Bertz CT molecular complexity index is 361. The van der Waals surface area contributed by atoms with Gasteiger partial charge < -0.3 is 10.2 Å². The Morgan fingerprint density at radius 2 is 2.29 bits per heavy atom. The molecule has 0 spiro atoms. The maximum absolute atomic E-state index is 4.50. The zero-order valence-electron chi connectivity index (χ0n) is 11.2. The van der Waals surface area contributed by atoms with Crippen molar-refractivity contribution in [3.05, 3.63) is 11.1 Å². The van der Waals surface area contributed by atoms with Crippen LogP contribution < -0.4 is 10.2 Å². The molecule has 1 aliphatic carbocycles. The minimum atomic E-state index is 0.533. The third-order valence-electron chi connectivity index (χ3n) is 3.34. The molecule has 1 saturated carbocycles. The quantitative estimate of drug-likeness (QED) is 0.845. The first-order chi connectivity index (χ1) is 8.06. The molecule has 1 heterocycles. The Hall–Kier alpha value is -0.610. The average Bonchev–Trinajstić information content (AvgIpc) is 2.81. The first-order valence-electron chi connectivity index (χ1n) is 6.45. The van der Waals surface area contributed by atoms with E-state index in [-0.39, 0.29) is 0 Å². The number of nitrogens with one attached hydrogen (secondary N) is 1. The average molecular weight is 253 g/mol. The number of hydrogen-bond donors (Lipinski definition) is 1. The van der Waals surface area contributed by atoms with E-state index < -0.39 is 0 Å². The molecule has 1 fully saturated rings. The highest BCUT2D eigenvalue weighted by Gasteiger charge is 2.33. The number of aromatic nitrogens is 1. The molecule has 0 bridgehead atoms. The number of hydrogen-bond acceptors (Lipinski definition) is 4. The van der Waals surface area contributed by atoms with Gasteiger partial charge >= 0.3 is 0 Å². The maximum Gasteiger partial charge on any atom is 0.185 e. The van der Waals surface area contributed by atoms with Crippen LogP contribution in [0.2, 0.25) is 0 Å². The van der Waals surface area contributed by atoms with Crippen LogP contribution in [0, 0.1) is 11.8 Å². The molecule has 1 N–H and O–H groups in total. The summed E-state index contributed by atoms with van der Waals surface area (Å²) in [6, 6.07) is 0.533. The van der Waals surface area contributed by atoms with Gasteiger partial charge in [0.15, 0.2) is 5.13 Å². The van der Waals surface area contributed by atoms with Crippen molar-refractivity contribution in [1.82, 2.24) is 10.3 Å². The second kappa shape index (κ2) is 5.36. The molecule has 0 aromatic carbocycles. The van der Waals surface area contributed by atoms with Crippen molar-refractivity contribution >= 4 is 16.5 Å². The molecule has 1 aromatic heterocycles. The van der Waals surface area contributed by atoms with Gasteiger partial charge in [0.1, 0.15) is 0 Å². The molecule has 17 heavy (non-hydrogen) atoms. The first-order valence-corrected chi connectivity index (χ1v) is 7.27. The van der Waals surface area contributed by atoms with Crippen molar-refractivity contribution < 1.29 is 0 Å². The van der Waals surface area contributed by atoms with E-state index in [1.54, 1.807) is 11.3 Å². The Labute approximate surface area is 108 Å². The van der Waals surface area contributed by atoms with E-state index in [0.29, 0.717) is 6.04 Å². The topological polar surface area (TPSA) is 28.2 Å². The fraction of sp³-hybridized carbons (Fsp3) is 0.769. The first kappa shape index (κ1) is 12.8. The Morgan fingerprint density at radius 1 is 1.59 bits per heavy atom. The molecule has 4 heteroatoms. The van der Waals surface area contributed by atoms with Gasteiger partial charge in [0.2, 0.25) is 0 Å². The van der Waals surface area contributed by atoms with Crippen LogP contribution in [0.3, 0.4) is 0 Å². The number of anilines is 1. The number of rotatable bonds is 6. The molecule has 0 radical (unpaired) electrons. The van der Waals surface area contributed by atoms with Gasteiger partial charge in [-0.15, -0.1) is 11.3 Å². The summed E-state index contributed by atoms with van der Waals surface area (Å²) in [7, 11) is 2.16. The Kier molecular flexibility index (Phi) is 4.05. The fourth-order valence-electron chi connectivity index (χ4n) is 1.94. The zero-order chi connectivity index (χ0) is 12.4. The number of thiazole rings is 1. The lowest BCUT2D eigenvalue weighted by Crippen LogP contribution is -2.21. The van der Waals surface area contributed by atoms with Crippen LogP contribution in [0.15, 0.2) is 6.20 Å². The summed E-state index contributed by atoms with van der Waals surface area (Å²) in [5.74, 6) is 1.81. The molecule has 1 aliphatic rings. The van der Waals surface area contributed by atoms with Crippen LogP contribution in [-0.4, -0.2) is 24.6 Å². The van der Waals surface area contributed by atoms with Crippen molar-refractivity contribution in [3.63, 3.8) is 0 Å². The summed E-state index contributed by atoms with van der Waals surface area (Å²) in [5, 5.41) is 4.58. The smallest absolute Gasteiger partial charge is 0.185 e. The Morgan fingerprint density at radius 3 is 2.88 bits per heavy atom. The second-order valence-electron chi connectivity index (χ2n) is 5.50. The molecule has 2 atom stereocenters. The van der Waals surface area contributed by atoms with E-state index in [1.807, 2.05) is 6.20 Å². The van der Waals surface area contributed by atoms with Crippen LogP contribution in [0.4, 0.5) is 5.13 Å². The lowest BCUT2D eigenvalue weighted by molar-refractivity contribution is 0.593. The minimum absolute atomic E-state index is 0.533. The van der Waals surface area contributed by atoms with Gasteiger partial charge in [-0.25, -0.2) is 4.98 Å². The summed E-state index contributed by atoms with van der Waals surface area (Å²) in [6.07, 6.45) is 3.39. The lowest BCUT2D eigenvalue weighted by atomic mass is 10.3. The van der Waals surface area contributed by atoms with E-state index >= 15 is 0 Å². The predicted molar refractivity (Wildman–Crippen MR) is 74.6 cm³/mol. The number of nitrogens with zero attached hydrogens (tertiary/aromatic N) is 2. The van der Waals surface area contributed by atoms with Gasteiger partial charge in [-0.3, -0.25) is 0 Å². The van der Waals surface area contributed by atoms with Crippen LogP contribution in [0.25, 0.3) is 0 Å². The summed E-state index contributed by atoms with van der Waals surface area (Å²) in [5.41, 5.74) is 0. The van der Waals surface area contributed by atoms with Crippen LogP contribution in [0.5, 0.6) is 0 Å². The lowest BCUT2D eigenvalue weighted by Gasteiger charge is -2.15. The van der Waals surface area contributed by atoms with Crippen LogP contribution in [-0.2, 0) is 6.54 Å². The molecule has 0 aliphatic heterocycles. The molecule has 1 aromatic rings. The van der Waals surface area contributed by atoms with Crippen molar-refractivity contribution in [3.8, 4) is 0 Å². The molecular formula is C13H23N3S. The third kappa shape index (κ3) is 3.68. The second-order valence-corrected chi connectivity index (χ2v) is 6.59. The highest BCUT2D eigenvalue weighted by Crippen LogP contribution is 2.39. The summed E-state index contributed by atoms with van der Waals surface area (Å²) in [6.45, 7) is 8.76. The van der Waals surface area contributed by atoms with Gasteiger partial charge in [-0.2, -0.15) is 0 Å². The standard InChI is InChI=1S/C13H23N3S/c1-9(2)14-6-12-7-15-13(17-12)16(4)8-11-5-10(11)3/h7,9-11,14H,5-6,8H2,1-4H3. The van der Waals surface area contributed by atoms with Gasteiger partial charge in [-0.1, -0.05) is 20.8 Å². The van der Waals surface area contributed by atoms with E-state index in [4.69, 9.17) is 0 Å². The van der Waals surface area contributed by atoms with E-state index in [9.17, 15) is 0 Å². The summed E-state index contributed by atoms with van der Waals surface area (Å²) in [4.78, 5) is 8.13. The van der Waals surface area contributed by atoms with Crippen LogP contribution >= 0.6 is 11.3 Å². The summed E-state index contributed by atoms with van der Waals surface area (Å²) < 4.78 is 0. The van der Waals surface area contributed by atoms with Crippen molar-refractivity contribution in [2.75, 3.05) is 18.5 Å². The molecule has 2 unspecified atom stereocenters. The fourth-order valence-corrected chi connectivity index (χ4v) is 2.77. The molecular weight excluding hydrogens is 230 g/mol. The summed E-state index contributed by atoms with van der Waals surface area (Å²) >= 11 is 1.81.